The van der Waals surface area contributed by atoms with Crippen molar-refractivity contribution >= 4 is 17.2 Å². The number of carbonyl (C=O) groups excluding carboxylic acids is 1. The molecular formula is C16H15N3OS. The average molecular weight is 297 g/mol. The lowest BCUT2D eigenvalue weighted by atomic mass is 10.2. The van der Waals surface area contributed by atoms with Crippen molar-refractivity contribution in [2.24, 2.45) is 0 Å². The lowest BCUT2D eigenvalue weighted by Gasteiger charge is -2.06. The first kappa shape index (κ1) is 13.6. The Morgan fingerprint density at radius 3 is 2.67 bits per heavy atom. The Labute approximate surface area is 127 Å². The Bertz CT molecular complexity index is 729. The summed E-state index contributed by atoms with van der Waals surface area (Å²) in [5, 5.41) is 2.94. The zero-order valence-corrected chi connectivity index (χ0v) is 12.4. The maximum atomic E-state index is 12.0. The third-order valence-electron chi connectivity index (χ3n) is 3.16. The van der Waals surface area contributed by atoms with Gasteiger partial charge in [-0.05, 0) is 36.8 Å². The van der Waals surface area contributed by atoms with Gasteiger partial charge in [0.15, 0.2) is 0 Å². The van der Waals surface area contributed by atoms with E-state index in [-0.39, 0.29) is 5.91 Å². The van der Waals surface area contributed by atoms with Gasteiger partial charge < -0.3 is 9.88 Å². The highest BCUT2D eigenvalue weighted by Crippen LogP contribution is 2.15. The van der Waals surface area contributed by atoms with E-state index in [0.717, 1.165) is 21.0 Å². The molecule has 0 radical (unpaired) electrons. The molecule has 0 aliphatic heterocycles. The smallest absolute Gasteiger partial charge is 0.261 e. The van der Waals surface area contributed by atoms with Crippen LogP contribution in [0.25, 0.3) is 5.69 Å². The van der Waals surface area contributed by atoms with Gasteiger partial charge in [-0.25, -0.2) is 4.98 Å². The second-order valence-corrected chi connectivity index (χ2v) is 6.02. The monoisotopic (exact) mass is 297 g/mol. The average Bonchev–Trinajstić information content (AvgIpc) is 3.16. The van der Waals surface area contributed by atoms with Crippen molar-refractivity contribution < 1.29 is 4.79 Å². The van der Waals surface area contributed by atoms with Crippen LogP contribution >= 0.6 is 11.3 Å². The predicted molar refractivity (Wildman–Crippen MR) is 83.8 cm³/mol. The van der Waals surface area contributed by atoms with E-state index < -0.39 is 0 Å². The third kappa shape index (κ3) is 3.20. The van der Waals surface area contributed by atoms with Crippen molar-refractivity contribution in [3.05, 3.63) is 70.4 Å². The van der Waals surface area contributed by atoms with Crippen molar-refractivity contribution in [3.63, 3.8) is 0 Å². The standard InChI is InChI=1S/C16H15N3OS/c1-12-2-7-15(21-12)16(20)18-10-13-3-5-14(6-4-13)19-9-8-17-11-19/h2-9,11H,10H2,1H3,(H,18,20). The Hall–Kier alpha value is -2.40. The van der Waals surface area contributed by atoms with Crippen molar-refractivity contribution in [1.82, 2.24) is 14.9 Å². The van der Waals surface area contributed by atoms with Crippen LogP contribution in [-0.4, -0.2) is 15.5 Å². The number of amides is 1. The molecule has 0 aliphatic carbocycles. The molecule has 0 spiro atoms. The summed E-state index contributed by atoms with van der Waals surface area (Å²) >= 11 is 1.51. The molecular weight excluding hydrogens is 282 g/mol. The molecule has 0 saturated carbocycles. The lowest BCUT2D eigenvalue weighted by molar-refractivity contribution is 0.0955. The molecule has 0 aliphatic rings. The van der Waals surface area contributed by atoms with Crippen molar-refractivity contribution in [1.29, 1.82) is 0 Å². The Morgan fingerprint density at radius 1 is 1.24 bits per heavy atom. The second kappa shape index (κ2) is 5.93. The van der Waals surface area contributed by atoms with Crippen LogP contribution in [0.2, 0.25) is 0 Å². The fraction of sp³-hybridized carbons (Fsp3) is 0.125. The summed E-state index contributed by atoms with van der Waals surface area (Å²) in [4.78, 5) is 17.9. The number of aryl methyl sites for hydroxylation is 1. The van der Waals surface area contributed by atoms with Gasteiger partial charge in [-0.1, -0.05) is 12.1 Å². The van der Waals surface area contributed by atoms with Crippen LogP contribution in [0.15, 0.2) is 55.1 Å². The summed E-state index contributed by atoms with van der Waals surface area (Å²) in [6, 6.07) is 11.9. The molecule has 0 bridgehead atoms. The van der Waals surface area contributed by atoms with E-state index in [9.17, 15) is 4.79 Å². The fourth-order valence-electron chi connectivity index (χ4n) is 2.02. The number of hydrogen-bond donors (Lipinski definition) is 1. The molecule has 2 heterocycles. The van der Waals surface area contributed by atoms with Gasteiger partial charge in [0.25, 0.3) is 5.91 Å². The second-order valence-electron chi connectivity index (χ2n) is 4.73. The maximum absolute atomic E-state index is 12.0. The summed E-state index contributed by atoms with van der Waals surface area (Å²) in [5.41, 5.74) is 2.12. The molecule has 4 nitrogen and oxygen atoms in total. The minimum Gasteiger partial charge on any atom is -0.347 e. The molecule has 3 rings (SSSR count). The van der Waals surface area contributed by atoms with E-state index in [1.165, 1.54) is 11.3 Å². The number of thiophene rings is 1. The van der Waals surface area contributed by atoms with Crippen LogP contribution in [-0.2, 0) is 6.54 Å². The topological polar surface area (TPSA) is 46.9 Å². The van der Waals surface area contributed by atoms with E-state index >= 15 is 0 Å². The number of carbonyl (C=O) groups is 1. The molecule has 1 N–H and O–H groups in total. The summed E-state index contributed by atoms with van der Waals surface area (Å²) in [5.74, 6) is -0.0215. The van der Waals surface area contributed by atoms with Crippen LogP contribution in [0.4, 0.5) is 0 Å². The number of nitrogens with zero attached hydrogens (tertiary/aromatic N) is 2. The van der Waals surface area contributed by atoms with Crippen LogP contribution in [0, 0.1) is 6.92 Å². The molecule has 0 saturated heterocycles. The zero-order valence-electron chi connectivity index (χ0n) is 11.6. The molecule has 2 aromatic heterocycles. The van der Waals surface area contributed by atoms with E-state index in [0.29, 0.717) is 6.54 Å². The SMILES string of the molecule is Cc1ccc(C(=O)NCc2ccc(-n3ccnc3)cc2)s1. The van der Waals surface area contributed by atoms with Gasteiger partial charge >= 0.3 is 0 Å². The molecule has 5 heteroatoms. The van der Waals surface area contributed by atoms with Crippen LogP contribution in [0.3, 0.4) is 0 Å². The highest BCUT2D eigenvalue weighted by Gasteiger charge is 2.07. The summed E-state index contributed by atoms with van der Waals surface area (Å²) in [7, 11) is 0. The molecule has 106 valence electrons. The van der Waals surface area contributed by atoms with Gasteiger partial charge in [0.2, 0.25) is 0 Å². The molecule has 1 amide bonds. The number of rotatable bonds is 4. The van der Waals surface area contributed by atoms with Crippen LogP contribution in [0.1, 0.15) is 20.1 Å². The Morgan fingerprint density at radius 2 is 2.05 bits per heavy atom. The number of benzene rings is 1. The number of aromatic nitrogens is 2. The highest BCUT2D eigenvalue weighted by atomic mass is 32.1. The lowest BCUT2D eigenvalue weighted by Crippen LogP contribution is -2.21. The van der Waals surface area contributed by atoms with E-state index in [4.69, 9.17) is 0 Å². The number of hydrogen-bond acceptors (Lipinski definition) is 3. The third-order valence-corrected chi connectivity index (χ3v) is 4.16. The van der Waals surface area contributed by atoms with Crippen LogP contribution in [0.5, 0.6) is 0 Å². The largest absolute Gasteiger partial charge is 0.347 e. The molecule has 0 fully saturated rings. The van der Waals surface area contributed by atoms with Crippen molar-refractivity contribution in [3.8, 4) is 5.69 Å². The first-order valence-corrected chi connectivity index (χ1v) is 7.46. The van der Waals surface area contributed by atoms with Crippen molar-refractivity contribution in [2.75, 3.05) is 0 Å². The number of imidazole rings is 1. The minimum atomic E-state index is -0.0215. The Kier molecular flexibility index (Phi) is 3.83. The quantitative estimate of drug-likeness (QED) is 0.804. The fourth-order valence-corrected chi connectivity index (χ4v) is 2.81. The number of nitrogens with one attached hydrogen (secondary N) is 1. The van der Waals surface area contributed by atoms with E-state index in [1.807, 2.05) is 54.1 Å². The maximum Gasteiger partial charge on any atom is 0.261 e. The molecule has 0 unspecified atom stereocenters. The van der Waals surface area contributed by atoms with E-state index in [1.54, 1.807) is 12.5 Å². The normalized spacial score (nSPS) is 10.5. The van der Waals surface area contributed by atoms with Gasteiger partial charge in [0, 0.05) is 29.5 Å². The first-order chi connectivity index (χ1) is 10.2. The molecule has 1 aromatic carbocycles. The highest BCUT2D eigenvalue weighted by molar-refractivity contribution is 7.13. The van der Waals surface area contributed by atoms with Gasteiger partial charge in [0.05, 0.1) is 11.2 Å². The Balaban J connectivity index is 1.62. The zero-order chi connectivity index (χ0) is 14.7. The van der Waals surface area contributed by atoms with Gasteiger partial charge in [0.1, 0.15) is 0 Å². The van der Waals surface area contributed by atoms with Gasteiger partial charge in [-0.3, -0.25) is 4.79 Å². The summed E-state index contributed by atoms with van der Waals surface area (Å²) < 4.78 is 1.94. The molecule has 21 heavy (non-hydrogen) atoms. The minimum absolute atomic E-state index is 0.0215. The van der Waals surface area contributed by atoms with Gasteiger partial charge in [-0.2, -0.15) is 0 Å². The van der Waals surface area contributed by atoms with E-state index in [2.05, 4.69) is 10.3 Å². The van der Waals surface area contributed by atoms with Gasteiger partial charge in [-0.15, -0.1) is 11.3 Å². The summed E-state index contributed by atoms with van der Waals surface area (Å²) in [6.45, 7) is 2.52. The molecule has 3 aromatic rings. The first-order valence-electron chi connectivity index (χ1n) is 6.64. The molecule has 0 atom stereocenters. The predicted octanol–water partition coefficient (Wildman–Crippen LogP) is 3.17. The van der Waals surface area contributed by atoms with Crippen molar-refractivity contribution in [2.45, 2.75) is 13.5 Å². The van der Waals surface area contributed by atoms with Crippen LogP contribution < -0.4 is 5.32 Å². The summed E-state index contributed by atoms with van der Waals surface area (Å²) in [6.07, 6.45) is 5.41.